The number of benzene rings is 2. The molecule has 2 aromatic carbocycles. The van der Waals surface area contributed by atoms with Crippen LogP contribution in [0, 0.1) is 6.92 Å². The van der Waals surface area contributed by atoms with Crippen LogP contribution in [0.15, 0.2) is 36.4 Å². The van der Waals surface area contributed by atoms with Gasteiger partial charge < -0.3 is 5.73 Å². The Labute approximate surface area is 84.5 Å². The molecule has 0 aromatic heterocycles. The summed E-state index contributed by atoms with van der Waals surface area (Å²) in [5.41, 5.74) is 8.36. The molecule has 0 aliphatic carbocycles. The fourth-order valence-corrected chi connectivity index (χ4v) is 1.92. The van der Waals surface area contributed by atoms with Crippen molar-refractivity contribution in [3.8, 4) is 0 Å². The van der Waals surface area contributed by atoms with Crippen molar-refractivity contribution >= 4 is 10.8 Å². The van der Waals surface area contributed by atoms with Crippen molar-refractivity contribution in [2.45, 2.75) is 13.3 Å². The standard InChI is InChI=1S/C13H15N/c1-10-6-7-11-4-2-3-5-13(11)12(10)8-9-14/h2-7H,8-9,14H2,1H3. The van der Waals surface area contributed by atoms with Gasteiger partial charge in [0.05, 0.1) is 0 Å². The fourth-order valence-electron chi connectivity index (χ4n) is 1.92. The number of rotatable bonds is 2. The molecule has 0 bridgehead atoms. The van der Waals surface area contributed by atoms with Gasteiger partial charge in [-0.25, -0.2) is 0 Å². The van der Waals surface area contributed by atoms with Crippen LogP contribution >= 0.6 is 0 Å². The number of hydrogen-bond acceptors (Lipinski definition) is 1. The lowest BCUT2D eigenvalue weighted by atomic mass is 9.97. The second-order valence-electron chi connectivity index (χ2n) is 3.62. The summed E-state index contributed by atoms with van der Waals surface area (Å²) >= 11 is 0. The summed E-state index contributed by atoms with van der Waals surface area (Å²) < 4.78 is 0. The van der Waals surface area contributed by atoms with Crippen LogP contribution in [0.2, 0.25) is 0 Å². The van der Waals surface area contributed by atoms with Crippen molar-refractivity contribution in [3.63, 3.8) is 0 Å². The molecule has 2 aromatic rings. The molecule has 0 fully saturated rings. The minimum atomic E-state index is 0.717. The van der Waals surface area contributed by atoms with E-state index in [1.165, 1.54) is 21.9 Å². The topological polar surface area (TPSA) is 26.0 Å². The van der Waals surface area contributed by atoms with Crippen LogP contribution in [0.1, 0.15) is 11.1 Å². The summed E-state index contributed by atoms with van der Waals surface area (Å²) in [6, 6.07) is 12.8. The number of aryl methyl sites for hydroxylation is 1. The average molecular weight is 185 g/mol. The Bertz CT molecular complexity index is 446. The van der Waals surface area contributed by atoms with E-state index >= 15 is 0 Å². The van der Waals surface area contributed by atoms with Gasteiger partial charge in [0.2, 0.25) is 0 Å². The van der Waals surface area contributed by atoms with E-state index in [2.05, 4.69) is 43.3 Å². The Morgan fingerprint density at radius 2 is 1.86 bits per heavy atom. The Kier molecular flexibility index (Phi) is 2.51. The smallest absolute Gasteiger partial charge is 0.00364 e. The van der Waals surface area contributed by atoms with Crippen LogP contribution in [0.25, 0.3) is 10.8 Å². The first-order chi connectivity index (χ1) is 6.83. The summed E-state index contributed by atoms with van der Waals surface area (Å²) in [5, 5.41) is 2.65. The molecule has 0 aliphatic heterocycles. The van der Waals surface area contributed by atoms with E-state index < -0.39 is 0 Å². The molecular weight excluding hydrogens is 170 g/mol. The van der Waals surface area contributed by atoms with Crippen LogP contribution in [-0.2, 0) is 6.42 Å². The van der Waals surface area contributed by atoms with Gasteiger partial charge in [0, 0.05) is 0 Å². The van der Waals surface area contributed by atoms with Crippen molar-refractivity contribution in [2.24, 2.45) is 5.73 Å². The third-order valence-corrected chi connectivity index (χ3v) is 2.67. The van der Waals surface area contributed by atoms with E-state index in [1.807, 2.05) is 0 Å². The first kappa shape index (κ1) is 9.22. The van der Waals surface area contributed by atoms with E-state index in [4.69, 9.17) is 5.73 Å². The molecular formula is C13H15N. The maximum absolute atomic E-state index is 5.62. The largest absolute Gasteiger partial charge is 0.330 e. The van der Waals surface area contributed by atoms with Crippen molar-refractivity contribution in [3.05, 3.63) is 47.5 Å². The van der Waals surface area contributed by atoms with Crippen LogP contribution in [0.3, 0.4) is 0 Å². The zero-order valence-electron chi connectivity index (χ0n) is 8.46. The molecule has 0 saturated carbocycles. The second kappa shape index (κ2) is 3.81. The van der Waals surface area contributed by atoms with Gasteiger partial charge in [-0.05, 0) is 41.8 Å². The maximum atomic E-state index is 5.62. The summed E-state index contributed by atoms with van der Waals surface area (Å²) in [5.74, 6) is 0. The predicted octanol–water partition coefficient (Wildman–Crippen LogP) is 2.65. The van der Waals surface area contributed by atoms with Crippen molar-refractivity contribution < 1.29 is 0 Å². The SMILES string of the molecule is Cc1ccc2ccccc2c1CCN. The van der Waals surface area contributed by atoms with Crippen molar-refractivity contribution in [1.29, 1.82) is 0 Å². The number of fused-ring (bicyclic) bond motifs is 1. The highest BCUT2D eigenvalue weighted by atomic mass is 14.5. The number of nitrogens with two attached hydrogens (primary N) is 1. The van der Waals surface area contributed by atoms with Gasteiger partial charge in [-0.2, -0.15) is 0 Å². The second-order valence-corrected chi connectivity index (χ2v) is 3.62. The van der Waals surface area contributed by atoms with Gasteiger partial charge in [0.15, 0.2) is 0 Å². The molecule has 1 heteroatoms. The zero-order valence-corrected chi connectivity index (χ0v) is 8.46. The first-order valence-corrected chi connectivity index (χ1v) is 5.00. The van der Waals surface area contributed by atoms with Crippen LogP contribution in [-0.4, -0.2) is 6.54 Å². The van der Waals surface area contributed by atoms with Gasteiger partial charge in [-0.3, -0.25) is 0 Å². The highest BCUT2D eigenvalue weighted by Gasteiger charge is 2.02. The molecule has 2 N–H and O–H groups in total. The molecule has 14 heavy (non-hydrogen) atoms. The third kappa shape index (κ3) is 1.51. The van der Waals surface area contributed by atoms with E-state index in [1.54, 1.807) is 0 Å². The van der Waals surface area contributed by atoms with Crippen LogP contribution in [0.5, 0.6) is 0 Å². The highest BCUT2D eigenvalue weighted by molar-refractivity contribution is 5.86. The maximum Gasteiger partial charge on any atom is -0.00364 e. The molecule has 0 unspecified atom stereocenters. The van der Waals surface area contributed by atoms with Gasteiger partial charge in [0.25, 0.3) is 0 Å². The molecule has 0 spiro atoms. The van der Waals surface area contributed by atoms with Crippen LogP contribution < -0.4 is 5.73 Å². The minimum Gasteiger partial charge on any atom is -0.330 e. The van der Waals surface area contributed by atoms with E-state index in [-0.39, 0.29) is 0 Å². The lowest BCUT2D eigenvalue weighted by Gasteiger charge is -2.08. The van der Waals surface area contributed by atoms with E-state index in [0.29, 0.717) is 0 Å². The zero-order chi connectivity index (χ0) is 9.97. The monoisotopic (exact) mass is 185 g/mol. The molecule has 0 aliphatic rings. The quantitative estimate of drug-likeness (QED) is 0.764. The lowest BCUT2D eigenvalue weighted by molar-refractivity contribution is 0.967. The Morgan fingerprint density at radius 3 is 2.64 bits per heavy atom. The molecule has 1 nitrogen and oxygen atoms in total. The fraction of sp³-hybridized carbons (Fsp3) is 0.231. The average Bonchev–Trinajstić information content (AvgIpc) is 2.23. The van der Waals surface area contributed by atoms with E-state index in [0.717, 1.165) is 13.0 Å². The summed E-state index contributed by atoms with van der Waals surface area (Å²) in [6.45, 7) is 2.87. The summed E-state index contributed by atoms with van der Waals surface area (Å²) in [7, 11) is 0. The summed E-state index contributed by atoms with van der Waals surface area (Å²) in [6.07, 6.45) is 0.965. The molecule has 0 amide bonds. The van der Waals surface area contributed by atoms with Crippen molar-refractivity contribution in [1.82, 2.24) is 0 Å². The van der Waals surface area contributed by atoms with Gasteiger partial charge >= 0.3 is 0 Å². The Hall–Kier alpha value is -1.34. The lowest BCUT2D eigenvalue weighted by Crippen LogP contribution is -2.04. The Morgan fingerprint density at radius 1 is 1.07 bits per heavy atom. The molecule has 0 saturated heterocycles. The van der Waals surface area contributed by atoms with Gasteiger partial charge in [-0.15, -0.1) is 0 Å². The van der Waals surface area contributed by atoms with Gasteiger partial charge in [-0.1, -0.05) is 36.4 Å². The normalized spacial score (nSPS) is 10.7. The Balaban J connectivity index is 2.69. The van der Waals surface area contributed by atoms with E-state index in [9.17, 15) is 0 Å². The third-order valence-electron chi connectivity index (χ3n) is 2.67. The first-order valence-electron chi connectivity index (χ1n) is 5.00. The molecule has 72 valence electrons. The molecule has 0 heterocycles. The molecule has 2 rings (SSSR count). The summed E-state index contributed by atoms with van der Waals surface area (Å²) in [4.78, 5) is 0. The van der Waals surface area contributed by atoms with Crippen LogP contribution in [0.4, 0.5) is 0 Å². The number of hydrogen-bond donors (Lipinski definition) is 1. The van der Waals surface area contributed by atoms with Crippen molar-refractivity contribution in [2.75, 3.05) is 6.54 Å². The highest BCUT2D eigenvalue weighted by Crippen LogP contribution is 2.22. The minimum absolute atomic E-state index is 0.717. The molecule has 0 radical (unpaired) electrons. The molecule has 0 atom stereocenters. The predicted molar refractivity (Wildman–Crippen MR) is 61.4 cm³/mol. The van der Waals surface area contributed by atoms with Gasteiger partial charge in [0.1, 0.15) is 0 Å².